The highest BCUT2D eigenvalue weighted by atomic mass is 35.5. The molecule has 4 rings (SSSR count). The molecule has 2 heterocycles. The van der Waals surface area contributed by atoms with Gasteiger partial charge in [-0.2, -0.15) is 0 Å². The Morgan fingerprint density at radius 2 is 1.89 bits per heavy atom. The fraction of sp³-hybridized carbons (Fsp3) is 0.182. The van der Waals surface area contributed by atoms with Crippen LogP contribution in [0.1, 0.15) is 11.1 Å². The van der Waals surface area contributed by atoms with Gasteiger partial charge in [0.15, 0.2) is 0 Å². The number of hydrogen-bond donors (Lipinski definition) is 0. The highest BCUT2D eigenvalue weighted by Crippen LogP contribution is 2.29. The predicted octanol–water partition coefficient (Wildman–Crippen LogP) is 5.02. The third-order valence-electron chi connectivity index (χ3n) is 4.67. The number of halogens is 2. The Balaban J connectivity index is 1.55. The third kappa shape index (κ3) is 4.29. The topological polar surface area (TPSA) is 42.4 Å². The van der Waals surface area contributed by atoms with Crippen molar-refractivity contribution < 1.29 is 9.53 Å². The molecule has 142 valence electrons. The van der Waals surface area contributed by atoms with E-state index in [9.17, 15) is 4.79 Å². The lowest BCUT2D eigenvalue weighted by Gasteiger charge is -2.20. The number of carbonyl (C=O) groups is 1. The summed E-state index contributed by atoms with van der Waals surface area (Å²) in [6, 6.07) is 15.2. The van der Waals surface area contributed by atoms with Gasteiger partial charge in [-0.3, -0.25) is 9.78 Å². The molecular weight excluding hydrogens is 395 g/mol. The summed E-state index contributed by atoms with van der Waals surface area (Å²) >= 11 is 12.1. The quantitative estimate of drug-likeness (QED) is 0.606. The van der Waals surface area contributed by atoms with Gasteiger partial charge in [0.2, 0.25) is 5.91 Å². The first-order valence-electron chi connectivity index (χ1n) is 8.97. The van der Waals surface area contributed by atoms with Gasteiger partial charge in [-0.05, 0) is 47.5 Å². The summed E-state index contributed by atoms with van der Waals surface area (Å²) in [5, 5.41) is 1.06. The van der Waals surface area contributed by atoms with Gasteiger partial charge in [-0.15, -0.1) is 0 Å². The number of nitrogens with zero attached hydrogens (tertiary/aromatic N) is 2. The van der Waals surface area contributed by atoms with E-state index >= 15 is 0 Å². The normalized spacial score (nSPS) is 13.4. The van der Waals surface area contributed by atoms with E-state index < -0.39 is 0 Å². The molecule has 0 saturated carbocycles. The van der Waals surface area contributed by atoms with Crippen molar-refractivity contribution in [1.29, 1.82) is 0 Å². The molecule has 3 aromatic rings. The second-order valence-electron chi connectivity index (χ2n) is 6.68. The van der Waals surface area contributed by atoms with E-state index in [2.05, 4.69) is 11.1 Å². The number of rotatable bonds is 3. The molecule has 0 N–H and O–H groups in total. The van der Waals surface area contributed by atoms with Gasteiger partial charge < -0.3 is 9.64 Å². The van der Waals surface area contributed by atoms with E-state index in [1.54, 1.807) is 24.4 Å². The van der Waals surface area contributed by atoms with E-state index in [1.165, 1.54) is 0 Å². The molecule has 2 aromatic carbocycles. The zero-order chi connectivity index (χ0) is 19.5. The largest absolute Gasteiger partial charge is 0.491 e. The van der Waals surface area contributed by atoms with Gasteiger partial charge in [-0.25, -0.2) is 0 Å². The summed E-state index contributed by atoms with van der Waals surface area (Å²) in [5.74, 6) is 0.829. The van der Waals surface area contributed by atoms with Crippen molar-refractivity contribution in [3.63, 3.8) is 0 Å². The van der Waals surface area contributed by atoms with Gasteiger partial charge in [0.25, 0.3) is 0 Å². The predicted molar refractivity (Wildman–Crippen MR) is 111 cm³/mol. The minimum Gasteiger partial charge on any atom is -0.491 e. The highest BCUT2D eigenvalue weighted by Gasteiger charge is 2.21. The van der Waals surface area contributed by atoms with E-state index in [1.807, 2.05) is 35.4 Å². The summed E-state index contributed by atoms with van der Waals surface area (Å²) in [6.07, 6.45) is 3.82. The monoisotopic (exact) mass is 412 g/mol. The molecule has 0 atom stereocenters. The van der Waals surface area contributed by atoms with Gasteiger partial charge >= 0.3 is 0 Å². The molecular formula is C22H18Cl2N2O2. The molecule has 0 bridgehead atoms. The molecule has 6 heteroatoms. The average Bonchev–Trinajstić information content (AvgIpc) is 2.89. The molecule has 28 heavy (non-hydrogen) atoms. The number of ether oxygens (including phenoxy) is 1. The fourth-order valence-electron chi connectivity index (χ4n) is 3.32. The van der Waals surface area contributed by atoms with Crippen LogP contribution in [0.3, 0.4) is 0 Å². The number of aromatic nitrogens is 1. The van der Waals surface area contributed by atoms with E-state index in [-0.39, 0.29) is 12.3 Å². The zero-order valence-electron chi connectivity index (χ0n) is 15.1. The summed E-state index contributed by atoms with van der Waals surface area (Å²) < 4.78 is 5.86. The maximum Gasteiger partial charge on any atom is 0.227 e. The van der Waals surface area contributed by atoms with Gasteiger partial charge in [0.05, 0.1) is 13.0 Å². The Morgan fingerprint density at radius 3 is 2.64 bits per heavy atom. The van der Waals surface area contributed by atoms with Crippen LogP contribution in [0.4, 0.5) is 0 Å². The first-order chi connectivity index (χ1) is 13.6. The van der Waals surface area contributed by atoms with Crippen molar-refractivity contribution in [1.82, 2.24) is 9.88 Å². The standard InChI is InChI=1S/C22H18Cl2N2O2/c23-19-8-15(9-20(24)12-19)10-22(27)26-6-7-28-21-4-3-16(11-18(21)14-26)17-2-1-5-25-13-17/h1-5,8-9,11-13H,6-7,10,14H2. The molecule has 0 unspecified atom stereocenters. The molecule has 0 fully saturated rings. The molecule has 1 aliphatic heterocycles. The molecule has 0 saturated heterocycles. The number of carbonyl (C=O) groups excluding carboxylic acids is 1. The molecule has 1 aliphatic rings. The van der Waals surface area contributed by atoms with Gasteiger partial charge in [-0.1, -0.05) is 35.3 Å². The van der Waals surface area contributed by atoms with Crippen LogP contribution in [-0.4, -0.2) is 28.9 Å². The Morgan fingerprint density at radius 1 is 1.07 bits per heavy atom. The van der Waals surface area contributed by atoms with Gasteiger partial charge in [0, 0.05) is 40.1 Å². The molecule has 4 nitrogen and oxygen atoms in total. The Labute approximate surface area is 173 Å². The lowest BCUT2D eigenvalue weighted by Crippen LogP contribution is -2.33. The van der Waals surface area contributed by atoms with Crippen LogP contribution in [0.25, 0.3) is 11.1 Å². The molecule has 1 aromatic heterocycles. The van der Waals surface area contributed by atoms with Crippen molar-refractivity contribution in [3.05, 3.63) is 82.1 Å². The number of hydrogen-bond acceptors (Lipinski definition) is 3. The van der Waals surface area contributed by atoms with Crippen LogP contribution < -0.4 is 4.74 Å². The summed E-state index contributed by atoms with van der Waals surface area (Å²) in [7, 11) is 0. The lowest BCUT2D eigenvalue weighted by molar-refractivity contribution is -0.131. The SMILES string of the molecule is O=C(Cc1cc(Cl)cc(Cl)c1)N1CCOc2ccc(-c3cccnc3)cc2C1. The van der Waals surface area contributed by atoms with E-state index in [0.29, 0.717) is 29.7 Å². The number of amides is 1. The average molecular weight is 413 g/mol. The number of benzene rings is 2. The van der Waals surface area contributed by atoms with E-state index in [0.717, 1.165) is 28.0 Å². The Kier molecular flexibility index (Phi) is 5.51. The second-order valence-corrected chi connectivity index (χ2v) is 7.56. The molecule has 0 radical (unpaired) electrons. The van der Waals surface area contributed by atoms with Crippen LogP contribution in [0.5, 0.6) is 5.75 Å². The minimum atomic E-state index is 0.0153. The molecule has 1 amide bonds. The maximum absolute atomic E-state index is 12.9. The van der Waals surface area contributed by atoms with E-state index in [4.69, 9.17) is 27.9 Å². The van der Waals surface area contributed by atoms with Crippen molar-refractivity contribution in [2.24, 2.45) is 0 Å². The first kappa shape index (κ1) is 18.8. The maximum atomic E-state index is 12.9. The van der Waals surface area contributed by atoms with Crippen molar-refractivity contribution in [2.75, 3.05) is 13.2 Å². The third-order valence-corrected chi connectivity index (χ3v) is 5.10. The van der Waals surface area contributed by atoms with Crippen LogP contribution >= 0.6 is 23.2 Å². The smallest absolute Gasteiger partial charge is 0.227 e. The molecule has 0 spiro atoms. The molecule has 0 aliphatic carbocycles. The zero-order valence-corrected chi connectivity index (χ0v) is 16.6. The van der Waals surface area contributed by atoms with Crippen LogP contribution in [0.2, 0.25) is 10.0 Å². The Hall–Kier alpha value is -2.56. The van der Waals surface area contributed by atoms with Crippen molar-refractivity contribution in [2.45, 2.75) is 13.0 Å². The Bertz CT molecular complexity index is 988. The van der Waals surface area contributed by atoms with Crippen molar-refractivity contribution in [3.8, 4) is 16.9 Å². The second kappa shape index (κ2) is 8.21. The summed E-state index contributed by atoms with van der Waals surface area (Å²) in [4.78, 5) is 18.9. The number of fused-ring (bicyclic) bond motifs is 1. The lowest BCUT2D eigenvalue weighted by atomic mass is 10.0. The van der Waals surface area contributed by atoms with Gasteiger partial charge in [0.1, 0.15) is 12.4 Å². The summed E-state index contributed by atoms with van der Waals surface area (Å²) in [6.45, 7) is 1.49. The minimum absolute atomic E-state index is 0.0153. The van der Waals surface area contributed by atoms with Crippen LogP contribution in [0.15, 0.2) is 60.9 Å². The van der Waals surface area contributed by atoms with Crippen LogP contribution in [-0.2, 0) is 17.8 Å². The van der Waals surface area contributed by atoms with Crippen molar-refractivity contribution >= 4 is 29.1 Å². The highest BCUT2D eigenvalue weighted by molar-refractivity contribution is 6.34. The summed E-state index contributed by atoms with van der Waals surface area (Å²) in [5.41, 5.74) is 3.86. The first-order valence-corrected chi connectivity index (χ1v) is 9.73. The van der Waals surface area contributed by atoms with Crippen LogP contribution in [0, 0.1) is 0 Å². The number of pyridine rings is 1. The fourth-order valence-corrected chi connectivity index (χ4v) is 3.89.